The van der Waals surface area contributed by atoms with Crippen LogP contribution in [0.15, 0.2) is 29.3 Å². The lowest BCUT2D eigenvalue weighted by molar-refractivity contribution is 0.168. The third-order valence-electron chi connectivity index (χ3n) is 4.81. The zero-order valence-corrected chi connectivity index (χ0v) is 15.6. The van der Waals surface area contributed by atoms with E-state index in [-0.39, 0.29) is 0 Å². The molecule has 0 radical (unpaired) electrons. The Bertz CT molecular complexity index is 785. The molecule has 1 aromatic carbocycles. The molecule has 5 nitrogen and oxygen atoms in total. The lowest BCUT2D eigenvalue weighted by Crippen LogP contribution is -2.53. The minimum Gasteiger partial charge on any atom is -0.385 e. The van der Waals surface area contributed by atoms with Crippen LogP contribution in [0.3, 0.4) is 0 Å². The fourth-order valence-corrected chi connectivity index (χ4v) is 4.52. The Balaban J connectivity index is 1.70. The zero-order chi connectivity index (χ0) is 17.2. The summed E-state index contributed by atoms with van der Waals surface area (Å²) in [5.41, 5.74) is 3.44. The molecule has 1 atom stereocenters. The minimum atomic E-state index is 0.429. The number of hydrogen-bond acceptors (Lipinski definition) is 6. The number of ether oxygens (including phenoxy) is 1. The smallest absolute Gasteiger partial charge is 0.156 e. The van der Waals surface area contributed by atoms with Crippen molar-refractivity contribution in [1.29, 1.82) is 0 Å². The van der Waals surface area contributed by atoms with Crippen LogP contribution in [0.4, 0.5) is 5.69 Å². The van der Waals surface area contributed by atoms with Gasteiger partial charge in [-0.1, -0.05) is 18.2 Å². The fourth-order valence-electron chi connectivity index (χ4n) is 3.56. The first-order valence-electron chi connectivity index (χ1n) is 8.85. The average molecular weight is 356 g/mol. The van der Waals surface area contributed by atoms with Gasteiger partial charge in [-0.25, -0.2) is 9.98 Å². The summed E-state index contributed by atoms with van der Waals surface area (Å²) in [6.45, 7) is 5.73. The molecule has 3 heterocycles. The average Bonchev–Trinajstić information content (AvgIpc) is 2.91. The van der Waals surface area contributed by atoms with Gasteiger partial charge in [0.25, 0.3) is 0 Å². The summed E-state index contributed by atoms with van der Waals surface area (Å²) >= 11 is 1.80. The third-order valence-corrected chi connectivity index (χ3v) is 5.78. The van der Waals surface area contributed by atoms with Crippen LogP contribution in [0.5, 0.6) is 0 Å². The second kappa shape index (κ2) is 7.23. The van der Waals surface area contributed by atoms with Crippen molar-refractivity contribution in [3.63, 3.8) is 0 Å². The minimum absolute atomic E-state index is 0.429. The van der Waals surface area contributed by atoms with Crippen molar-refractivity contribution in [2.45, 2.75) is 25.8 Å². The molecule has 6 heteroatoms. The molecule has 132 valence electrons. The van der Waals surface area contributed by atoms with E-state index in [2.05, 4.69) is 41.4 Å². The lowest BCUT2D eigenvalue weighted by atomic mass is 10.1. The van der Waals surface area contributed by atoms with E-state index in [0.29, 0.717) is 6.04 Å². The molecule has 0 amide bonds. The molecule has 2 aliphatic rings. The van der Waals surface area contributed by atoms with Crippen LogP contribution in [0.2, 0.25) is 0 Å². The number of hydrogen-bond donors (Lipinski definition) is 1. The SMILES string of the molecule is COCCC1CN(C2=Nc3ccccc3Cc3sc(C)nc32)CCN1. The van der Waals surface area contributed by atoms with Gasteiger partial charge in [0.15, 0.2) is 5.84 Å². The van der Waals surface area contributed by atoms with Crippen LogP contribution in [0, 0.1) is 6.92 Å². The number of rotatable bonds is 3. The van der Waals surface area contributed by atoms with Crippen molar-refractivity contribution in [3.05, 3.63) is 45.4 Å². The fraction of sp³-hybridized carbons (Fsp3) is 0.474. The summed E-state index contributed by atoms with van der Waals surface area (Å²) in [6.07, 6.45) is 1.93. The van der Waals surface area contributed by atoms with Crippen molar-refractivity contribution in [2.75, 3.05) is 33.4 Å². The number of nitrogens with one attached hydrogen (secondary N) is 1. The van der Waals surface area contributed by atoms with Gasteiger partial charge in [-0.3, -0.25) is 0 Å². The summed E-state index contributed by atoms with van der Waals surface area (Å²) in [6, 6.07) is 8.89. The van der Waals surface area contributed by atoms with E-state index in [4.69, 9.17) is 14.7 Å². The van der Waals surface area contributed by atoms with Crippen molar-refractivity contribution in [2.24, 2.45) is 4.99 Å². The maximum atomic E-state index is 5.25. The summed E-state index contributed by atoms with van der Waals surface area (Å²) in [5.74, 6) is 1.04. The van der Waals surface area contributed by atoms with Crippen molar-refractivity contribution in [1.82, 2.24) is 15.2 Å². The van der Waals surface area contributed by atoms with E-state index >= 15 is 0 Å². The van der Waals surface area contributed by atoms with Gasteiger partial charge < -0.3 is 15.0 Å². The molecule has 0 aliphatic carbocycles. The number of nitrogens with zero attached hydrogens (tertiary/aromatic N) is 3. The monoisotopic (exact) mass is 356 g/mol. The maximum absolute atomic E-state index is 5.25. The second-order valence-electron chi connectivity index (χ2n) is 6.62. The number of aryl methyl sites for hydroxylation is 1. The van der Waals surface area contributed by atoms with E-state index in [9.17, 15) is 0 Å². The normalized spacial score (nSPS) is 19.8. The van der Waals surface area contributed by atoms with E-state index in [1.54, 1.807) is 18.4 Å². The number of aliphatic imine (C=N–C) groups is 1. The number of amidine groups is 1. The molecular formula is C19H24N4OS. The van der Waals surface area contributed by atoms with Gasteiger partial charge in [0, 0.05) is 50.7 Å². The molecule has 25 heavy (non-hydrogen) atoms. The predicted octanol–water partition coefficient (Wildman–Crippen LogP) is 2.74. The Morgan fingerprint density at radius 2 is 2.24 bits per heavy atom. The molecule has 0 spiro atoms. The predicted molar refractivity (Wildman–Crippen MR) is 102 cm³/mol. The molecule has 1 N–H and O–H groups in total. The number of methoxy groups -OCH3 is 1. The highest BCUT2D eigenvalue weighted by atomic mass is 32.1. The number of para-hydroxylation sites is 1. The number of benzene rings is 1. The Labute approximate surface area is 152 Å². The highest BCUT2D eigenvalue weighted by Gasteiger charge is 2.28. The lowest BCUT2D eigenvalue weighted by Gasteiger charge is -2.35. The topological polar surface area (TPSA) is 49.8 Å². The number of piperazine rings is 1. The Hall–Kier alpha value is -1.76. The van der Waals surface area contributed by atoms with E-state index in [0.717, 1.165) is 61.3 Å². The van der Waals surface area contributed by atoms with Crippen LogP contribution in [0.1, 0.15) is 27.6 Å². The molecule has 4 rings (SSSR count). The van der Waals surface area contributed by atoms with Crippen molar-refractivity contribution >= 4 is 22.9 Å². The van der Waals surface area contributed by atoms with E-state index in [1.165, 1.54) is 10.4 Å². The summed E-state index contributed by atoms with van der Waals surface area (Å²) in [4.78, 5) is 13.6. The number of fused-ring (bicyclic) bond motifs is 2. The van der Waals surface area contributed by atoms with Crippen LogP contribution in [-0.4, -0.2) is 55.1 Å². The largest absolute Gasteiger partial charge is 0.385 e. The summed E-state index contributed by atoms with van der Waals surface area (Å²) < 4.78 is 5.25. The van der Waals surface area contributed by atoms with Gasteiger partial charge >= 0.3 is 0 Å². The third kappa shape index (κ3) is 3.47. The highest BCUT2D eigenvalue weighted by Crippen LogP contribution is 2.32. The zero-order valence-electron chi connectivity index (χ0n) is 14.8. The molecule has 2 aliphatic heterocycles. The van der Waals surface area contributed by atoms with Crippen LogP contribution >= 0.6 is 11.3 Å². The molecule has 1 saturated heterocycles. The standard InChI is InChI=1S/C19H24N4OS/c1-13-21-18-17(25-13)11-14-5-3-4-6-16(14)22-19(18)23-9-8-20-15(12-23)7-10-24-2/h3-6,15,20H,7-12H2,1-2H3. The Morgan fingerprint density at radius 1 is 1.36 bits per heavy atom. The first-order valence-corrected chi connectivity index (χ1v) is 9.67. The van der Waals surface area contributed by atoms with Gasteiger partial charge in [-0.15, -0.1) is 11.3 Å². The Morgan fingerprint density at radius 3 is 3.12 bits per heavy atom. The summed E-state index contributed by atoms with van der Waals surface area (Å²) in [7, 11) is 1.76. The Kier molecular flexibility index (Phi) is 4.83. The number of aromatic nitrogens is 1. The second-order valence-corrected chi connectivity index (χ2v) is 7.91. The highest BCUT2D eigenvalue weighted by molar-refractivity contribution is 7.11. The van der Waals surface area contributed by atoms with Crippen LogP contribution in [0.25, 0.3) is 0 Å². The van der Waals surface area contributed by atoms with Gasteiger partial charge in [0.2, 0.25) is 0 Å². The van der Waals surface area contributed by atoms with Crippen LogP contribution < -0.4 is 5.32 Å². The maximum Gasteiger partial charge on any atom is 0.156 e. The van der Waals surface area contributed by atoms with E-state index < -0.39 is 0 Å². The van der Waals surface area contributed by atoms with E-state index in [1.807, 2.05) is 0 Å². The number of thiazole rings is 1. The molecule has 0 saturated carbocycles. The molecule has 2 aromatic rings. The van der Waals surface area contributed by atoms with Gasteiger partial charge in [0.1, 0.15) is 5.69 Å². The van der Waals surface area contributed by atoms with Crippen molar-refractivity contribution < 1.29 is 4.74 Å². The quantitative estimate of drug-likeness (QED) is 0.919. The molecular weight excluding hydrogens is 332 g/mol. The van der Waals surface area contributed by atoms with Gasteiger partial charge in [-0.05, 0) is 25.0 Å². The molecule has 1 unspecified atom stereocenters. The first kappa shape index (κ1) is 16.7. The molecule has 0 bridgehead atoms. The molecule has 1 aromatic heterocycles. The van der Waals surface area contributed by atoms with Gasteiger partial charge in [0.05, 0.1) is 10.7 Å². The van der Waals surface area contributed by atoms with Crippen molar-refractivity contribution in [3.8, 4) is 0 Å². The first-order chi connectivity index (χ1) is 12.2. The van der Waals surface area contributed by atoms with Crippen LogP contribution in [-0.2, 0) is 11.2 Å². The van der Waals surface area contributed by atoms with Gasteiger partial charge in [-0.2, -0.15) is 0 Å². The molecule has 1 fully saturated rings. The summed E-state index contributed by atoms with van der Waals surface area (Å²) in [5, 5.41) is 4.71.